The van der Waals surface area contributed by atoms with Gasteiger partial charge in [-0.25, -0.2) is 5.06 Å². The van der Waals surface area contributed by atoms with Gasteiger partial charge in [-0.3, -0.25) is 9.63 Å². The van der Waals surface area contributed by atoms with Crippen LogP contribution in [0.15, 0.2) is 11.6 Å². The van der Waals surface area contributed by atoms with Gasteiger partial charge >= 0.3 is 0 Å². The summed E-state index contributed by atoms with van der Waals surface area (Å²) in [5.74, 6) is 3.96. The maximum absolute atomic E-state index is 12.7. The highest BCUT2D eigenvalue weighted by Gasteiger charge is 2.59. The smallest absolute Gasteiger partial charge is 0.246 e. The minimum Gasteiger partial charge on any atom is -0.393 e. The first kappa shape index (κ1) is 22.9. The summed E-state index contributed by atoms with van der Waals surface area (Å²) in [5.41, 5.74) is 2.32. The van der Waals surface area contributed by atoms with Crippen molar-refractivity contribution in [2.45, 2.75) is 110 Å². The van der Waals surface area contributed by atoms with Crippen LogP contribution < -0.4 is 0 Å². The number of fused-ring (bicyclic) bond motifs is 5. The minimum absolute atomic E-state index is 0.118. The fraction of sp³-hybridized carbons (Fsp3) is 0.893. The van der Waals surface area contributed by atoms with Gasteiger partial charge in [-0.1, -0.05) is 32.4 Å². The van der Waals surface area contributed by atoms with E-state index in [9.17, 15) is 9.90 Å². The van der Waals surface area contributed by atoms with Gasteiger partial charge in [0.1, 0.15) is 0 Å². The fourth-order valence-electron chi connectivity index (χ4n) is 9.16. The number of allylic oxidation sites excluding steroid dienone is 1. The van der Waals surface area contributed by atoms with E-state index in [1.54, 1.807) is 10.6 Å². The number of hydrogen-bond acceptors (Lipinski definition) is 3. The van der Waals surface area contributed by atoms with Crippen molar-refractivity contribution in [1.29, 1.82) is 0 Å². The standard InChI is InChI=1S/C28H45NO3/c1-18(5-10-26(31)29-19(2)13-16-32-29)23-8-9-24-22-7-6-20-17-21(30)11-14-27(20,3)25(22)12-15-28(23,24)4/h6,18-19,21-25,30H,5,7-17H2,1-4H3/t18?,19-,21-,22-,23+,24-,25-,27-,28+/m0/s1. The molecule has 5 aliphatic rings. The molecule has 4 nitrogen and oxygen atoms in total. The Kier molecular flexibility index (Phi) is 6.02. The van der Waals surface area contributed by atoms with Crippen molar-refractivity contribution in [2.75, 3.05) is 6.61 Å². The summed E-state index contributed by atoms with van der Waals surface area (Å²) < 4.78 is 0. The van der Waals surface area contributed by atoms with Gasteiger partial charge in [0.15, 0.2) is 0 Å². The SMILES string of the molecule is CC(CCC(=O)N1OCC[C@@H]1C)[C@H]1CC[C@H]2[C@@H]3CC=C4C[C@@H](O)CC[C@]4(C)[C@H]3CC[C@]12C. The average Bonchev–Trinajstić information content (AvgIpc) is 3.35. The molecule has 0 bridgehead atoms. The lowest BCUT2D eigenvalue weighted by molar-refractivity contribution is -0.175. The average molecular weight is 444 g/mol. The molecule has 4 fully saturated rings. The molecule has 1 heterocycles. The summed E-state index contributed by atoms with van der Waals surface area (Å²) in [4.78, 5) is 18.3. The van der Waals surface area contributed by atoms with Crippen molar-refractivity contribution in [3.8, 4) is 0 Å². The summed E-state index contributed by atoms with van der Waals surface area (Å²) >= 11 is 0. The van der Waals surface area contributed by atoms with Crippen LogP contribution >= 0.6 is 0 Å². The molecule has 3 saturated carbocycles. The van der Waals surface area contributed by atoms with Crippen molar-refractivity contribution in [1.82, 2.24) is 5.06 Å². The van der Waals surface area contributed by atoms with Gasteiger partial charge < -0.3 is 5.11 Å². The number of carbonyl (C=O) groups is 1. The van der Waals surface area contributed by atoms with Crippen LogP contribution in [0, 0.1) is 40.4 Å². The Bertz CT molecular complexity index is 764. The molecule has 0 radical (unpaired) electrons. The molecule has 0 aromatic carbocycles. The van der Waals surface area contributed by atoms with E-state index in [0.717, 1.165) is 49.4 Å². The zero-order valence-corrected chi connectivity index (χ0v) is 20.8. The zero-order chi connectivity index (χ0) is 22.7. The van der Waals surface area contributed by atoms with Gasteiger partial charge in [-0.05, 0) is 112 Å². The number of aliphatic hydroxyl groups excluding tert-OH is 1. The second-order valence-electron chi connectivity index (χ2n) is 12.6. The van der Waals surface area contributed by atoms with Crippen molar-refractivity contribution < 1.29 is 14.7 Å². The van der Waals surface area contributed by atoms with E-state index in [-0.39, 0.29) is 18.1 Å². The van der Waals surface area contributed by atoms with Crippen molar-refractivity contribution in [2.24, 2.45) is 40.4 Å². The number of nitrogens with zero attached hydrogens (tertiary/aromatic N) is 1. The van der Waals surface area contributed by atoms with Crippen LogP contribution in [0.25, 0.3) is 0 Å². The minimum atomic E-state index is -0.118. The highest BCUT2D eigenvalue weighted by molar-refractivity contribution is 5.75. The maximum Gasteiger partial charge on any atom is 0.246 e. The molecule has 1 N–H and O–H groups in total. The third-order valence-electron chi connectivity index (χ3n) is 11.1. The molecule has 0 aromatic rings. The number of carbonyl (C=O) groups excluding carboxylic acids is 1. The van der Waals surface area contributed by atoms with Gasteiger partial charge in [0.2, 0.25) is 5.91 Å². The van der Waals surface area contributed by atoms with E-state index in [4.69, 9.17) is 4.84 Å². The van der Waals surface area contributed by atoms with E-state index in [1.807, 2.05) is 0 Å². The van der Waals surface area contributed by atoms with E-state index >= 15 is 0 Å². The predicted molar refractivity (Wildman–Crippen MR) is 126 cm³/mol. The lowest BCUT2D eigenvalue weighted by atomic mass is 9.47. The second kappa shape index (κ2) is 8.41. The summed E-state index contributed by atoms with van der Waals surface area (Å²) in [6.07, 6.45) is 14.7. The van der Waals surface area contributed by atoms with E-state index < -0.39 is 0 Å². The first-order chi connectivity index (χ1) is 15.2. The molecular weight excluding hydrogens is 398 g/mol. The van der Waals surface area contributed by atoms with Crippen LogP contribution in [-0.4, -0.2) is 34.8 Å². The molecule has 32 heavy (non-hydrogen) atoms. The van der Waals surface area contributed by atoms with E-state index in [0.29, 0.717) is 29.8 Å². The third-order valence-corrected chi connectivity index (χ3v) is 11.1. The molecule has 0 aromatic heterocycles. The first-order valence-corrected chi connectivity index (χ1v) is 13.6. The van der Waals surface area contributed by atoms with Gasteiger partial charge in [0, 0.05) is 6.42 Å². The van der Waals surface area contributed by atoms with E-state index in [1.165, 1.54) is 38.5 Å². The van der Waals surface area contributed by atoms with Crippen LogP contribution in [0.1, 0.15) is 98.3 Å². The Hall–Kier alpha value is -0.870. The second-order valence-corrected chi connectivity index (χ2v) is 12.6. The molecule has 1 amide bonds. The van der Waals surface area contributed by atoms with Crippen LogP contribution in [0.2, 0.25) is 0 Å². The Morgan fingerprint density at radius 1 is 1.19 bits per heavy atom. The number of hydroxylamine groups is 2. The number of amides is 1. The van der Waals surface area contributed by atoms with E-state index in [2.05, 4.69) is 33.8 Å². The topological polar surface area (TPSA) is 49.8 Å². The molecule has 180 valence electrons. The Morgan fingerprint density at radius 2 is 2.00 bits per heavy atom. The van der Waals surface area contributed by atoms with Gasteiger partial charge in [-0.15, -0.1) is 0 Å². The largest absolute Gasteiger partial charge is 0.393 e. The van der Waals surface area contributed by atoms with Gasteiger partial charge in [0.25, 0.3) is 0 Å². The van der Waals surface area contributed by atoms with Crippen molar-refractivity contribution in [3.63, 3.8) is 0 Å². The lowest BCUT2D eigenvalue weighted by Gasteiger charge is -2.58. The monoisotopic (exact) mass is 443 g/mol. The third kappa shape index (κ3) is 3.59. The van der Waals surface area contributed by atoms with Crippen molar-refractivity contribution >= 4 is 5.91 Å². The quantitative estimate of drug-likeness (QED) is 0.551. The van der Waals surface area contributed by atoms with Crippen LogP contribution in [0.4, 0.5) is 0 Å². The van der Waals surface area contributed by atoms with Crippen LogP contribution in [-0.2, 0) is 9.63 Å². The number of aliphatic hydroxyl groups is 1. The van der Waals surface area contributed by atoms with Gasteiger partial charge in [-0.2, -0.15) is 0 Å². The molecule has 4 aliphatic carbocycles. The first-order valence-electron chi connectivity index (χ1n) is 13.6. The van der Waals surface area contributed by atoms with Crippen molar-refractivity contribution in [3.05, 3.63) is 11.6 Å². The van der Waals surface area contributed by atoms with Crippen LogP contribution in [0.3, 0.4) is 0 Å². The van der Waals surface area contributed by atoms with Gasteiger partial charge in [0.05, 0.1) is 18.8 Å². The fourth-order valence-corrected chi connectivity index (χ4v) is 9.16. The molecule has 1 unspecified atom stereocenters. The summed E-state index contributed by atoms with van der Waals surface area (Å²) in [5, 5.41) is 11.9. The molecule has 0 spiro atoms. The molecular formula is C28H45NO3. The Balaban J connectivity index is 1.26. The highest BCUT2D eigenvalue weighted by atomic mass is 16.7. The number of rotatable bonds is 4. The zero-order valence-electron chi connectivity index (χ0n) is 20.8. The molecule has 4 heteroatoms. The lowest BCUT2D eigenvalue weighted by Crippen LogP contribution is -2.50. The summed E-state index contributed by atoms with van der Waals surface area (Å²) in [6, 6.07) is 0.230. The summed E-state index contributed by atoms with van der Waals surface area (Å²) in [6.45, 7) is 10.3. The maximum atomic E-state index is 12.7. The Labute approximate surface area is 195 Å². The highest BCUT2D eigenvalue weighted by Crippen LogP contribution is 2.67. The molecule has 1 saturated heterocycles. The normalized spacial score (nSPS) is 46.8. The molecule has 9 atom stereocenters. The molecule has 5 rings (SSSR count). The predicted octanol–water partition coefficient (Wildman–Crippen LogP) is 5.90. The molecule has 1 aliphatic heterocycles. The Morgan fingerprint density at radius 3 is 2.75 bits per heavy atom. The number of hydrogen-bond donors (Lipinski definition) is 1. The summed E-state index contributed by atoms with van der Waals surface area (Å²) in [7, 11) is 0. The van der Waals surface area contributed by atoms with Crippen LogP contribution in [0.5, 0.6) is 0 Å².